The largest absolute Gasteiger partial charge is 0.349 e. The molecule has 3 heterocycles. The predicted octanol–water partition coefficient (Wildman–Crippen LogP) is 3.28. The van der Waals surface area contributed by atoms with Crippen LogP contribution in [0.3, 0.4) is 0 Å². The van der Waals surface area contributed by atoms with Crippen LogP contribution in [0.5, 0.6) is 0 Å². The maximum absolute atomic E-state index is 13.9. The fourth-order valence-electron chi connectivity index (χ4n) is 3.52. The minimum atomic E-state index is -0.539. The lowest BCUT2D eigenvalue weighted by Gasteiger charge is -2.32. The Hall–Kier alpha value is -3.26. The van der Waals surface area contributed by atoms with Crippen molar-refractivity contribution in [2.45, 2.75) is 18.9 Å². The summed E-state index contributed by atoms with van der Waals surface area (Å²) in [5, 5.41) is 4.79. The lowest BCUT2D eigenvalue weighted by molar-refractivity contribution is 0.0693. The van der Waals surface area contributed by atoms with Crippen LogP contribution in [0.1, 0.15) is 33.6 Å². The van der Waals surface area contributed by atoms with Crippen molar-refractivity contribution in [3.05, 3.63) is 81.2 Å². The molecule has 0 saturated carbocycles. The molecule has 1 saturated heterocycles. The van der Waals surface area contributed by atoms with Gasteiger partial charge in [-0.3, -0.25) is 14.4 Å². The lowest BCUT2D eigenvalue weighted by atomic mass is 10.0. The smallest absolute Gasteiger partial charge is 0.261 e. The Balaban J connectivity index is 1.36. The number of benzene rings is 1. The molecule has 1 aromatic carbocycles. The van der Waals surface area contributed by atoms with Crippen molar-refractivity contribution in [1.82, 2.24) is 15.2 Å². The number of piperidine rings is 1. The van der Waals surface area contributed by atoms with Crippen LogP contribution in [0.15, 0.2) is 58.7 Å². The van der Waals surface area contributed by atoms with E-state index < -0.39 is 17.3 Å². The van der Waals surface area contributed by atoms with Crippen molar-refractivity contribution in [2.24, 2.45) is 0 Å². The summed E-state index contributed by atoms with van der Waals surface area (Å²) >= 11 is 1.50. The van der Waals surface area contributed by atoms with E-state index in [2.05, 4.69) is 10.3 Å². The first-order valence-electron chi connectivity index (χ1n) is 9.65. The number of likely N-dealkylation sites (tertiary alicyclic amines) is 1. The normalized spacial score (nSPS) is 14.5. The Kier molecular flexibility index (Phi) is 5.76. The quantitative estimate of drug-likeness (QED) is 0.673. The van der Waals surface area contributed by atoms with Gasteiger partial charge in [-0.05, 0) is 48.6 Å². The van der Waals surface area contributed by atoms with Crippen LogP contribution < -0.4 is 10.9 Å². The van der Waals surface area contributed by atoms with E-state index in [1.54, 1.807) is 23.1 Å². The second-order valence-electron chi connectivity index (χ2n) is 7.11. The molecule has 0 atom stereocenters. The summed E-state index contributed by atoms with van der Waals surface area (Å²) in [4.78, 5) is 42.7. The number of amides is 2. The Bertz CT molecular complexity index is 1120. The van der Waals surface area contributed by atoms with E-state index in [0.29, 0.717) is 31.6 Å². The molecule has 2 amide bonds. The first-order valence-corrected chi connectivity index (χ1v) is 10.5. The lowest BCUT2D eigenvalue weighted by Crippen LogP contribution is -2.47. The average Bonchev–Trinajstić information content (AvgIpc) is 3.29. The number of hydrogen-bond acceptors (Lipinski definition) is 4. The molecule has 2 N–H and O–H groups in total. The molecule has 30 heavy (non-hydrogen) atoms. The zero-order valence-electron chi connectivity index (χ0n) is 16.1. The highest BCUT2D eigenvalue weighted by atomic mass is 32.1. The Morgan fingerprint density at radius 3 is 2.47 bits per heavy atom. The summed E-state index contributed by atoms with van der Waals surface area (Å²) in [7, 11) is 0. The van der Waals surface area contributed by atoms with Crippen LogP contribution in [0.4, 0.5) is 4.39 Å². The molecule has 1 aliphatic heterocycles. The summed E-state index contributed by atoms with van der Waals surface area (Å²) in [6.45, 7) is 0.817. The molecule has 6 nitrogen and oxygen atoms in total. The molecule has 1 aliphatic rings. The van der Waals surface area contributed by atoms with Gasteiger partial charge in [0.05, 0.1) is 16.1 Å². The van der Waals surface area contributed by atoms with E-state index in [0.717, 1.165) is 4.88 Å². The molecule has 154 valence electrons. The van der Waals surface area contributed by atoms with Crippen molar-refractivity contribution >= 4 is 23.2 Å². The zero-order chi connectivity index (χ0) is 21.1. The molecule has 0 radical (unpaired) electrons. The van der Waals surface area contributed by atoms with E-state index in [-0.39, 0.29) is 23.1 Å². The van der Waals surface area contributed by atoms with Crippen LogP contribution in [0.25, 0.3) is 10.6 Å². The number of halogens is 1. The van der Waals surface area contributed by atoms with Gasteiger partial charge in [-0.2, -0.15) is 0 Å². The zero-order valence-corrected chi connectivity index (χ0v) is 16.9. The third kappa shape index (κ3) is 4.18. The molecule has 8 heteroatoms. The highest BCUT2D eigenvalue weighted by Crippen LogP contribution is 2.21. The maximum atomic E-state index is 13.9. The molecule has 0 spiro atoms. The van der Waals surface area contributed by atoms with Crippen LogP contribution in [0, 0.1) is 5.82 Å². The van der Waals surface area contributed by atoms with Gasteiger partial charge in [0, 0.05) is 19.1 Å². The predicted molar refractivity (Wildman–Crippen MR) is 113 cm³/mol. The molecular weight excluding hydrogens is 405 g/mol. The van der Waals surface area contributed by atoms with E-state index in [4.69, 9.17) is 0 Å². The van der Waals surface area contributed by atoms with E-state index >= 15 is 0 Å². The van der Waals surface area contributed by atoms with Gasteiger partial charge in [-0.25, -0.2) is 4.39 Å². The number of rotatable bonds is 4. The maximum Gasteiger partial charge on any atom is 0.261 e. The number of aromatic amines is 1. The first-order chi connectivity index (χ1) is 14.5. The molecule has 1 fully saturated rings. The SMILES string of the molecule is O=C(NC1CCN(C(=O)c2ccccc2F)CC1)c1ccc(-c2cccs2)[nH]c1=O. The number of carbonyl (C=O) groups excluding carboxylic acids is 2. The van der Waals surface area contributed by atoms with Crippen molar-refractivity contribution in [3.63, 3.8) is 0 Å². The first kappa shape index (κ1) is 20.0. The van der Waals surface area contributed by atoms with Gasteiger partial charge >= 0.3 is 0 Å². The number of aromatic nitrogens is 1. The van der Waals surface area contributed by atoms with Crippen molar-refractivity contribution < 1.29 is 14.0 Å². The average molecular weight is 425 g/mol. The minimum absolute atomic E-state index is 0.0531. The number of hydrogen-bond donors (Lipinski definition) is 2. The standard InChI is InChI=1S/C22H20FN3O3S/c23-17-5-2-1-4-15(17)22(29)26-11-9-14(10-12-26)24-20(27)16-7-8-18(25-21(16)28)19-6-3-13-30-19/h1-8,13-14H,9-12H2,(H,24,27)(H,25,28). The van der Waals surface area contributed by atoms with Crippen molar-refractivity contribution in [1.29, 1.82) is 0 Å². The van der Waals surface area contributed by atoms with E-state index in [9.17, 15) is 18.8 Å². The summed E-state index contributed by atoms with van der Waals surface area (Å²) < 4.78 is 13.9. The fourth-order valence-corrected chi connectivity index (χ4v) is 4.23. The number of H-pyrrole nitrogens is 1. The van der Waals surface area contributed by atoms with Crippen LogP contribution in [-0.2, 0) is 0 Å². The van der Waals surface area contributed by atoms with E-state index in [1.807, 2.05) is 17.5 Å². The topological polar surface area (TPSA) is 82.3 Å². The summed E-state index contributed by atoms with van der Waals surface area (Å²) in [6, 6.07) is 12.8. The molecular formula is C22H20FN3O3S. The van der Waals surface area contributed by atoms with Crippen LogP contribution >= 0.6 is 11.3 Å². The fraction of sp³-hybridized carbons (Fsp3) is 0.227. The summed E-state index contributed by atoms with van der Waals surface area (Å²) in [5.74, 6) is -1.32. The highest BCUT2D eigenvalue weighted by Gasteiger charge is 2.26. The van der Waals surface area contributed by atoms with Crippen LogP contribution in [-0.4, -0.2) is 40.8 Å². The second-order valence-corrected chi connectivity index (χ2v) is 8.06. The van der Waals surface area contributed by atoms with Crippen molar-refractivity contribution in [2.75, 3.05) is 13.1 Å². The minimum Gasteiger partial charge on any atom is -0.349 e. The Labute approximate surface area is 176 Å². The highest BCUT2D eigenvalue weighted by molar-refractivity contribution is 7.13. The number of carbonyl (C=O) groups is 2. The number of nitrogens with zero attached hydrogens (tertiary/aromatic N) is 1. The van der Waals surface area contributed by atoms with E-state index in [1.165, 1.54) is 29.5 Å². The third-order valence-electron chi connectivity index (χ3n) is 5.16. The number of thiophene rings is 1. The molecule has 0 unspecified atom stereocenters. The van der Waals surface area contributed by atoms with Crippen molar-refractivity contribution in [3.8, 4) is 10.6 Å². The summed E-state index contributed by atoms with van der Waals surface area (Å²) in [5.41, 5.74) is 0.342. The Morgan fingerprint density at radius 2 is 1.80 bits per heavy atom. The number of nitrogens with one attached hydrogen (secondary N) is 2. The second kappa shape index (κ2) is 8.62. The van der Waals surface area contributed by atoms with Gasteiger partial charge in [0.2, 0.25) is 0 Å². The summed E-state index contributed by atoms with van der Waals surface area (Å²) in [6.07, 6.45) is 1.08. The molecule has 3 aromatic rings. The molecule has 4 rings (SSSR count). The Morgan fingerprint density at radius 1 is 1.03 bits per heavy atom. The van der Waals surface area contributed by atoms with Gasteiger partial charge in [0.15, 0.2) is 0 Å². The van der Waals surface area contributed by atoms with Gasteiger partial charge < -0.3 is 15.2 Å². The van der Waals surface area contributed by atoms with Crippen LogP contribution in [0.2, 0.25) is 0 Å². The molecule has 0 bridgehead atoms. The molecule has 0 aliphatic carbocycles. The monoisotopic (exact) mass is 425 g/mol. The van der Waals surface area contributed by atoms with Gasteiger partial charge in [0.25, 0.3) is 17.4 Å². The van der Waals surface area contributed by atoms with Gasteiger partial charge in [-0.15, -0.1) is 11.3 Å². The third-order valence-corrected chi connectivity index (χ3v) is 6.07. The number of pyridine rings is 1. The molecule has 2 aromatic heterocycles. The van der Waals surface area contributed by atoms with Gasteiger partial charge in [0.1, 0.15) is 11.4 Å². The van der Waals surface area contributed by atoms with Gasteiger partial charge in [-0.1, -0.05) is 18.2 Å².